The van der Waals surface area contributed by atoms with Gasteiger partial charge < -0.3 is 15.2 Å². The fourth-order valence-electron chi connectivity index (χ4n) is 3.52. The molecule has 0 spiro atoms. The first-order valence-corrected chi connectivity index (χ1v) is 8.33. The lowest BCUT2D eigenvalue weighted by Crippen LogP contribution is -2.45. The van der Waals surface area contributed by atoms with Crippen LogP contribution >= 0.6 is 11.6 Å². The molecule has 2 rings (SSSR count). The van der Waals surface area contributed by atoms with Crippen LogP contribution in [0, 0.1) is 11.7 Å². The average Bonchev–Trinajstić information content (AvgIpc) is 2.52. The largest absolute Gasteiger partial charge is 0.396 e. The Hall–Kier alpha value is -0.680. The minimum atomic E-state index is -0.561. The van der Waals surface area contributed by atoms with Crippen molar-refractivity contribution < 1.29 is 14.2 Å². The Labute approximate surface area is 136 Å². The first-order chi connectivity index (χ1) is 10.6. The van der Waals surface area contributed by atoms with Crippen LogP contribution in [0.3, 0.4) is 0 Å². The minimum absolute atomic E-state index is 0.159. The van der Waals surface area contributed by atoms with Crippen molar-refractivity contribution in [3.8, 4) is 0 Å². The molecular formula is C17H25ClFNO2. The van der Waals surface area contributed by atoms with Crippen LogP contribution in [0.2, 0.25) is 5.02 Å². The first kappa shape index (κ1) is 17.7. The molecule has 3 nitrogen and oxygen atoms in total. The summed E-state index contributed by atoms with van der Waals surface area (Å²) >= 11 is 6.06. The van der Waals surface area contributed by atoms with Crippen LogP contribution in [0.5, 0.6) is 0 Å². The van der Waals surface area contributed by atoms with E-state index >= 15 is 0 Å². The standard InChI is InChI=1S/C17H25ClFNO2/c1-22-17(6-2-3-8-21,13-5-4-7-20-12-13)14-9-15(18)11-16(19)10-14/h9-11,13,20-21H,2-8,12H2,1H3/t13-,17+/m1/s1. The van der Waals surface area contributed by atoms with Crippen LogP contribution in [0.25, 0.3) is 0 Å². The maximum Gasteiger partial charge on any atom is 0.125 e. The van der Waals surface area contributed by atoms with E-state index in [0.29, 0.717) is 11.4 Å². The molecule has 1 aliphatic rings. The molecule has 0 amide bonds. The Kier molecular flexibility index (Phi) is 6.63. The number of hydrogen-bond donors (Lipinski definition) is 2. The average molecular weight is 330 g/mol. The topological polar surface area (TPSA) is 41.5 Å². The van der Waals surface area contributed by atoms with Gasteiger partial charge in [-0.2, -0.15) is 0 Å². The molecule has 0 unspecified atom stereocenters. The van der Waals surface area contributed by atoms with E-state index in [2.05, 4.69) is 5.32 Å². The second-order valence-electron chi connectivity index (χ2n) is 5.98. The molecule has 0 aromatic heterocycles. The van der Waals surface area contributed by atoms with Gasteiger partial charge in [-0.25, -0.2) is 4.39 Å². The van der Waals surface area contributed by atoms with E-state index in [1.807, 2.05) is 6.07 Å². The molecule has 1 aromatic carbocycles. The molecule has 1 heterocycles. The fraction of sp³-hybridized carbons (Fsp3) is 0.647. The number of methoxy groups -OCH3 is 1. The summed E-state index contributed by atoms with van der Waals surface area (Å²) in [6, 6.07) is 4.66. The molecule has 1 saturated heterocycles. The van der Waals surface area contributed by atoms with Gasteiger partial charge in [-0.3, -0.25) is 0 Å². The summed E-state index contributed by atoms with van der Waals surface area (Å²) in [4.78, 5) is 0. The van der Waals surface area contributed by atoms with E-state index < -0.39 is 5.60 Å². The second-order valence-corrected chi connectivity index (χ2v) is 6.41. The number of unbranched alkanes of at least 4 members (excludes halogenated alkanes) is 1. The van der Waals surface area contributed by atoms with Crippen LogP contribution in [0.15, 0.2) is 18.2 Å². The number of benzene rings is 1. The van der Waals surface area contributed by atoms with Crippen molar-refractivity contribution in [2.45, 2.75) is 37.7 Å². The first-order valence-electron chi connectivity index (χ1n) is 7.95. The highest BCUT2D eigenvalue weighted by Gasteiger charge is 2.41. The highest BCUT2D eigenvalue weighted by molar-refractivity contribution is 6.30. The SMILES string of the molecule is CO[C@](CCCCO)(c1cc(F)cc(Cl)c1)[C@@H]1CCCNC1. The summed E-state index contributed by atoms with van der Waals surface area (Å²) in [5.74, 6) is -0.0716. The predicted octanol–water partition coefficient (Wildman–Crippen LogP) is 3.48. The van der Waals surface area contributed by atoms with E-state index in [1.54, 1.807) is 7.11 Å². The number of aliphatic hydroxyl groups excluding tert-OH is 1. The Morgan fingerprint density at radius 3 is 2.82 bits per heavy atom. The maximum absolute atomic E-state index is 13.9. The second kappa shape index (κ2) is 8.25. The third kappa shape index (κ3) is 3.99. The lowest BCUT2D eigenvalue weighted by atomic mass is 9.74. The molecule has 0 bridgehead atoms. The molecular weight excluding hydrogens is 305 g/mol. The normalized spacial score (nSPS) is 21.5. The zero-order valence-electron chi connectivity index (χ0n) is 13.1. The summed E-state index contributed by atoms with van der Waals surface area (Å²) < 4.78 is 19.8. The van der Waals surface area contributed by atoms with Crippen molar-refractivity contribution in [2.75, 3.05) is 26.8 Å². The van der Waals surface area contributed by atoms with E-state index in [9.17, 15) is 4.39 Å². The third-order valence-corrected chi connectivity index (χ3v) is 4.85. The van der Waals surface area contributed by atoms with Gasteiger partial charge in [-0.05, 0) is 62.4 Å². The Morgan fingerprint density at radius 2 is 2.23 bits per heavy atom. The van der Waals surface area contributed by atoms with Crippen LogP contribution in [0.4, 0.5) is 4.39 Å². The molecule has 1 aromatic rings. The van der Waals surface area contributed by atoms with Gasteiger partial charge in [0.2, 0.25) is 0 Å². The molecule has 1 aliphatic heterocycles. The summed E-state index contributed by atoms with van der Waals surface area (Å²) in [5, 5.41) is 12.9. The molecule has 22 heavy (non-hydrogen) atoms. The van der Waals surface area contributed by atoms with Crippen LogP contribution < -0.4 is 5.32 Å². The summed E-state index contributed by atoms with van der Waals surface area (Å²) in [6.07, 6.45) is 4.41. The number of rotatable bonds is 7. The molecule has 1 fully saturated rings. The number of aliphatic hydroxyl groups is 1. The van der Waals surface area contributed by atoms with Gasteiger partial charge in [0.1, 0.15) is 5.82 Å². The minimum Gasteiger partial charge on any atom is -0.396 e. The van der Waals surface area contributed by atoms with Crippen LogP contribution in [0.1, 0.15) is 37.7 Å². The van der Waals surface area contributed by atoms with Crippen molar-refractivity contribution in [2.24, 2.45) is 5.92 Å². The van der Waals surface area contributed by atoms with Crippen molar-refractivity contribution in [1.82, 2.24) is 5.32 Å². The monoisotopic (exact) mass is 329 g/mol. The highest BCUT2D eigenvalue weighted by Crippen LogP contribution is 2.42. The van der Waals surface area contributed by atoms with Crippen LogP contribution in [-0.4, -0.2) is 31.9 Å². The fourth-order valence-corrected chi connectivity index (χ4v) is 3.74. The van der Waals surface area contributed by atoms with Gasteiger partial charge in [0.15, 0.2) is 0 Å². The summed E-state index contributed by atoms with van der Waals surface area (Å²) in [6.45, 7) is 2.02. The quantitative estimate of drug-likeness (QED) is 0.752. The van der Waals surface area contributed by atoms with Crippen molar-refractivity contribution in [3.05, 3.63) is 34.6 Å². The van der Waals surface area contributed by atoms with Gasteiger partial charge >= 0.3 is 0 Å². The molecule has 2 atom stereocenters. The molecule has 124 valence electrons. The van der Waals surface area contributed by atoms with Crippen molar-refractivity contribution in [1.29, 1.82) is 0 Å². The lowest BCUT2D eigenvalue weighted by Gasteiger charge is -2.42. The number of hydrogen-bond acceptors (Lipinski definition) is 3. The van der Waals surface area contributed by atoms with Crippen molar-refractivity contribution in [3.63, 3.8) is 0 Å². The number of piperidine rings is 1. The zero-order chi connectivity index (χ0) is 16.0. The maximum atomic E-state index is 13.9. The Balaban J connectivity index is 2.36. The third-order valence-electron chi connectivity index (χ3n) is 4.63. The Bertz CT molecular complexity index is 459. The summed E-state index contributed by atoms with van der Waals surface area (Å²) in [7, 11) is 1.69. The molecule has 0 saturated carbocycles. The van der Waals surface area contributed by atoms with E-state index in [1.165, 1.54) is 12.1 Å². The highest BCUT2D eigenvalue weighted by atomic mass is 35.5. The molecule has 5 heteroatoms. The van der Waals surface area contributed by atoms with Gasteiger partial charge in [-0.15, -0.1) is 0 Å². The lowest BCUT2D eigenvalue weighted by molar-refractivity contribution is -0.0800. The van der Waals surface area contributed by atoms with Gasteiger partial charge in [0, 0.05) is 31.2 Å². The van der Waals surface area contributed by atoms with E-state index in [4.69, 9.17) is 21.4 Å². The Morgan fingerprint density at radius 1 is 1.41 bits per heavy atom. The smallest absolute Gasteiger partial charge is 0.125 e. The number of ether oxygens (including phenoxy) is 1. The predicted molar refractivity (Wildman–Crippen MR) is 86.6 cm³/mol. The van der Waals surface area contributed by atoms with Gasteiger partial charge in [0.25, 0.3) is 0 Å². The molecule has 0 aliphatic carbocycles. The van der Waals surface area contributed by atoms with Crippen LogP contribution in [-0.2, 0) is 10.3 Å². The van der Waals surface area contributed by atoms with Gasteiger partial charge in [-0.1, -0.05) is 11.6 Å². The molecule has 2 N–H and O–H groups in total. The van der Waals surface area contributed by atoms with E-state index in [0.717, 1.165) is 44.3 Å². The number of nitrogens with one attached hydrogen (secondary N) is 1. The van der Waals surface area contributed by atoms with Crippen molar-refractivity contribution >= 4 is 11.6 Å². The molecule has 0 radical (unpaired) electrons. The zero-order valence-corrected chi connectivity index (χ0v) is 13.8. The number of halogens is 2. The summed E-state index contributed by atoms with van der Waals surface area (Å²) in [5.41, 5.74) is 0.237. The van der Waals surface area contributed by atoms with Gasteiger partial charge in [0.05, 0.1) is 5.60 Å². The van der Waals surface area contributed by atoms with E-state index in [-0.39, 0.29) is 18.3 Å².